The zero-order chi connectivity index (χ0) is 14.8. The Bertz CT molecular complexity index is 718. The summed E-state index contributed by atoms with van der Waals surface area (Å²) in [5.41, 5.74) is 2.70. The first kappa shape index (κ1) is 13.8. The molecule has 1 aliphatic rings. The molecule has 2 heterocycles. The lowest BCUT2D eigenvalue weighted by Crippen LogP contribution is -2.37. The number of hydrogen-bond donors (Lipinski definition) is 0. The van der Waals surface area contributed by atoms with Crippen LogP contribution in [0.5, 0.6) is 0 Å². The Hall–Kier alpha value is -1.84. The smallest absolute Gasteiger partial charge is 0.0594 e. The molecule has 3 nitrogen and oxygen atoms in total. The second-order valence-corrected chi connectivity index (χ2v) is 5.99. The summed E-state index contributed by atoms with van der Waals surface area (Å²) in [5.74, 6) is 0. The summed E-state index contributed by atoms with van der Waals surface area (Å²) in [7, 11) is 0. The van der Waals surface area contributed by atoms with E-state index in [1.165, 1.54) is 28.2 Å². The van der Waals surface area contributed by atoms with Gasteiger partial charge in [0.1, 0.15) is 0 Å². The zero-order valence-electron chi connectivity index (χ0n) is 12.9. The van der Waals surface area contributed by atoms with E-state index in [2.05, 4.69) is 58.0 Å². The lowest BCUT2D eigenvalue weighted by molar-refractivity contribution is 0.0370. The summed E-state index contributed by atoms with van der Waals surface area (Å²) in [5, 5.41) is 2.73. The Morgan fingerprint density at radius 2 is 1.36 bits per heavy atom. The molecule has 3 aromatic rings. The standard InChI is InChI=1S/C19H22N2O/c1-3-8-18-16(6-1)17-7-2-4-9-19(17)21(18)11-5-10-20-12-14-22-15-13-20/h1-4,6-9H,5,10-15H2. The minimum absolute atomic E-state index is 0.884. The fourth-order valence-electron chi connectivity index (χ4n) is 3.52. The lowest BCUT2D eigenvalue weighted by Gasteiger charge is -2.26. The Morgan fingerprint density at radius 1 is 0.773 bits per heavy atom. The molecular formula is C19H22N2O. The molecule has 1 fully saturated rings. The molecule has 4 rings (SSSR count). The number of morpholine rings is 1. The van der Waals surface area contributed by atoms with Crippen molar-refractivity contribution in [2.45, 2.75) is 13.0 Å². The number of benzene rings is 2. The van der Waals surface area contributed by atoms with Crippen molar-refractivity contribution in [1.29, 1.82) is 0 Å². The Labute approximate surface area is 131 Å². The van der Waals surface area contributed by atoms with Gasteiger partial charge in [0.25, 0.3) is 0 Å². The summed E-state index contributed by atoms with van der Waals surface area (Å²) in [6.45, 7) is 6.15. The molecule has 22 heavy (non-hydrogen) atoms. The quantitative estimate of drug-likeness (QED) is 0.732. The number of ether oxygens (including phenoxy) is 1. The van der Waals surface area contributed by atoms with Crippen LogP contribution in [0.2, 0.25) is 0 Å². The molecule has 0 radical (unpaired) electrons. The third kappa shape index (κ3) is 2.51. The molecule has 0 spiro atoms. The predicted molar refractivity (Wildman–Crippen MR) is 91.3 cm³/mol. The Balaban J connectivity index is 1.59. The number of fused-ring (bicyclic) bond motifs is 3. The third-order valence-electron chi connectivity index (χ3n) is 4.64. The van der Waals surface area contributed by atoms with Crippen LogP contribution in [-0.4, -0.2) is 42.3 Å². The van der Waals surface area contributed by atoms with Crippen molar-refractivity contribution in [1.82, 2.24) is 9.47 Å². The average Bonchev–Trinajstić information content (AvgIpc) is 2.91. The molecule has 114 valence electrons. The molecule has 2 aromatic carbocycles. The van der Waals surface area contributed by atoms with E-state index in [0.29, 0.717) is 0 Å². The SMILES string of the molecule is c1ccc2c(c1)c1ccccc1n2CCCN1CCOCC1. The van der Waals surface area contributed by atoms with E-state index < -0.39 is 0 Å². The maximum absolute atomic E-state index is 5.42. The number of para-hydroxylation sites is 2. The van der Waals surface area contributed by atoms with E-state index in [9.17, 15) is 0 Å². The molecule has 1 saturated heterocycles. The molecule has 0 N–H and O–H groups in total. The van der Waals surface area contributed by atoms with E-state index in [-0.39, 0.29) is 0 Å². The van der Waals surface area contributed by atoms with Gasteiger partial charge in [-0.15, -0.1) is 0 Å². The Kier molecular flexibility index (Phi) is 3.83. The highest BCUT2D eigenvalue weighted by atomic mass is 16.5. The van der Waals surface area contributed by atoms with Crippen LogP contribution in [0.3, 0.4) is 0 Å². The first-order valence-corrected chi connectivity index (χ1v) is 8.19. The molecule has 1 aliphatic heterocycles. The van der Waals surface area contributed by atoms with Gasteiger partial charge in [-0.2, -0.15) is 0 Å². The average molecular weight is 294 g/mol. The largest absolute Gasteiger partial charge is 0.379 e. The maximum Gasteiger partial charge on any atom is 0.0594 e. The highest BCUT2D eigenvalue weighted by Gasteiger charge is 2.12. The number of nitrogens with zero attached hydrogens (tertiary/aromatic N) is 2. The topological polar surface area (TPSA) is 17.4 Å². The molecule has 0 bridgehead atoms. The van der Waals surface area contributed by atoms with Gasteiger partial charge in [-0.25, -0.2) is 0 Å². The van der Waals surface area contributed by atoms with Crippen molar-refractivity contribution in [2.24, 2.45) is 0 Å². The number of rotatable bonds is 4. The Morgan fingerprint density at radius 3 is 2.00 bits per heavy atom. The van der Waals surface area contributed by atoms with Gasteiger partial charge in [0.2, 0.25) is 0 Å². The van der Waals surface area contributed by atoms with Crippen LogP contribution in [0.15, 0.2) is 48.5 Å². The van der Waals surface area contributed by atoms with Gasteiger partial charge in [-0.3, -0.25) is 4.90 Å². The minimum Gasteiger partial charge on any atom is -0.379 e. The number of aromatic nitrogens is 1. The van der Waals surface area contributed by atoms with Gasteiger partial charge in [0.05, 0.1) is 13.2 Å². The summed E-state index contributed by atoms with van der Waals surface area (Å²) in [4.78, 5) is 2.51. The molecule has 0 aliphatic carbocycles. The summed E-state index contributed by atoms with van der Waals surface area (Å²) < 4.78 is 7.90. The molecule has 0 saturated carbocycles. The minimum atomic E-state index is 0.884. The van der Waals surface area contributed by atoms with Crippen LogP contribution < -0.4 is 0 Å². The van der Waals surface area contributed by atoms with Crippen molar-refractivity contribution in [3.63, 3.8) is 0 Å². The van der Waals surface area contributed by atoms with Crippen molar-refractivity contribution < 1.29 is 4.74 Å². The highest BCUT2D eigenvalue weighted by Crippen LogP contribution is 2.28. The van der Waals surface area contributed by atoms with Crippen molar-refractivity contribution >= 4 is 21.8 Å². The molecule has 3 heteroatoms. The normalized spacial score (nSPS) is 16.5. The van der Waals surface area contributed by atoms with Crippen LogP contribution in [-0.2, 0) is 11.3 Å². The molecular weight excluding hydrogens is 272 g/mol. The summed E-state index contributed by atoms with van der Waals surface area (Å²) in [6.07, 6.45) is 1.18. The second-order valence-electron chi connectivity index (χ2n) is 5.99. The van der Waals surface area contributed by atoms with Gasteiger partial charge in [-0.05, 0) is 18.6 Å². The third-order valence-corrected chi connectivity index (χ3v) is 4.64. The number of aryl methyl sites for hydroxylation is 1. The predicted octanol–water partition coefficient (Wildman–Crippen LogP) is 3.52. The van der Waals surface area contributed by atoms with Crippen LogP contribution >= 0.6 is 0 Å². The summed E-state index contributed by atoms with van der Waals surface area (Å²) in [6, 6.07) is 17.5. The van der Waals surface area contributed by atoms with Crippen molar-refractivity contribution in [3.8, 4) is 0 Å². The molecule has 0 atom stereocenters. The van der Waals surface area contributed by atoms with E-state index >= 15 is 0 Å². The van der Waals surface area contributed by atoms with Crippen LogP contribution in [0, 0.1) is 0 Å². The van der Waals surface area contributed by atoms with Gasteiger partial charge in [0.15, 0.2) is 0 Å². The van der Waals surface area contributed by atoms with E-state index in [0.717, 1.165) is 39.4 Å². The van der Waals surface area contributed by atoms with Crippen molar-refractivity contribution in [3.05, 3.63) is 48.5 Å². The second kappa shape index (κ2) is 6.11. The molecule has 1 aromatic heterocycles. The van der Waals surface area contributed by atoms with Crippen LogP contribution in [0.1, 0.15) is 6.42 Å². The van der Waals surface area contributed by atoms with E-state index in [1.54, 1.807) is 0 Å². The van der Waals surface area contributed by atoms with Gasteiger partial charge >= 0.3 is 0 Å². The lowest BCUT2D eigenvalue weighted by atomic mass is 10.2. The van der Waals surface area contributed by atoms with Gasteiger partial charge in [-0.1, -0.05) is 36.4 Å². The number of hydrogen-bond acceptors (Lipinski definition) is 2. The summed E-state index contributed by atoms with van der Waals surface area (Å²) >= 11 is 0. The molecule has 0 amide bonds. The first-order valence-electron chi connectivity index (χ1n) is 8.19. The fraction of sp³-hybridized carbons (Fsp3) is 0.368. The zero-order valence-corrected chi connectivity index (χ0v) is 12.9. The first-order chi connectivity index (χ1) is 10.9. The van der Waals surface area contributed by atoms with Crippen LogP contribution in [0.4, 0.5) is 0 Å². The van der Waals surface area contributed by atoms with Crippen LogP contribution in [0.25, 0.3) is 21.8 Å². The van der Waals surface area contributed by atoms with E-state index in [4.69, 9.17) is 4.74 Å². The monoisotopic (exact) mass is 294 g/mol. The maximum atomic E-state index is 5.42. The molecule has 0 unspecified atom stereocenters. The highest BCUT2D eigenvalue weighted by molar-refractivity contribution is 6.07. The van der Waals surface area contributed by atoms with Gasteiger partial charge in [0, 0.05) is 48.0 Å². The van der Waals surface area contributed by atoms with Gasteiger partial charge < -0.3 is 9.30 Å². The van der Waals surface area contributed by atoms with E-state index in [1.807, 2.05) is 0 Å². The fourth-order valence-corrected chi connectivity index (χ4v) is 3.52. The van der Waals surface area contributed by atoms with Crippen molar-refractivity contribution in [2.75, 3.05) is 32.8 Å².